The molecule has 1 fully saturated rings. The van der Waals surface area contributed by atoms with Crippen molar-refractivity contribution >= 4 is 28.6 Å². The molecule has 1 saturated heterocycles. The SMILES string of the molecule is COc1cc(C(=O)O)cc2c1nc(CN1CCc3cc(C(F)F)c(OCc4ccc(Cl)cc4F)nc3[C@@H]1C)n2C[C@@H]1CCO1. The average molecular weight is 631 g/mol. The number of fused-ring (bicyclic) bond motifs is 2. The number of benzene rings is 2. The molecule has 0 spiro atoms. The number of aromatic nitrogens is 3. The highest BCUT2D eigenvalue weighted by atomic mass is 35.5. The number of hydrogen-bond acceptors (Lipinski definition) is 7. The summed E-state index contributed by atoms with van der Waals surface area (Å²) in [6, 6.07) is 8.24. The number of ether oxygens (including phenoxy) is 3. The highest BCUT2D eigenvalue weighted by Crippen LogP contribution is 2.37. The molecular formula is C31H30ClF3N4O5. The molecular weight excluding hydrogens is 601 g/mol. The topological polar surface area (TPSA) is 98.9 Å². The van der Waals surface area contributed by atoms with Crippen LogP contribution in [0.3, 0.4) is 0 Å². The Balaban J connectivity index is 1.32. The number of carboxylic acids is 1. The molecule has 9 nitrogen and oxygen atoms in total. The van der Waals surface area contributed by atoms with E-state index in [9.17, 15) is 23.1 Å². The Morgan fingerprint density at radius 3 is 2.68 bits per heavy atom. The molecule has 6 rings (SSSR count). The number of nitrogens with zero attached hydrogens (tertiary/aromatic N) is 4. The van der Waals surface area contributed by atoms with Gasteiger partial charge in [0, 0.05) is 23.7 Å². The van der Waals surface area contributed by atoms with Crippen molar-refractivity contribution in [2.24, 2.45) is 0 Å². The zero-order valence-electron chi connectivity index (χ0n) is 24.0. The van der Waals surface area contributed by atoms with Gasteiger partial charge in [-0.2, -0.15) is 0 Å². The van der Waals surface area contributed by atoms with E-state index < -0.39 is 18.2 Å². The number of rotatable bonds is 10. The van der Waals surface area contributed by atoms with Crippen LogP contribution in [0.2, 0.25) is 5.02 Å². The molecule has 44 heavy (non-hydrogen) atoms. The van der Waals surface area contributed by atoms with Crippen molar-refractivity contribution in [2.75, 3.05) is 20.3 Å². The van der Waals surface area contributed by atoms with Gasteiger partial charge in [-0.05, 0) is 55.7 Å². The molecule has 0 saturated carbocycles. The van der Waals surface area contributed by atoms with E-state index in [1.165, 1.54) is 31.4 Å². The summed E-state index contributed by atoms with van der Waals surface area (Å²) in [5.74, 6) is -0.887. The second-order valence-electron chi connectivity index (χ2n) is 10.9. The molecule has 13 heteroatoms. The minimum atomic E-state index is -2.83. The van der Waals surface area contributed by atoms with Crippen molar-refractivity contribution in [1.29, 1.82) is 0 Å². The number of aromatic carboxylic acids is 1. The lowest BCUT2D eigenvalue weighted by atomic mass is 9.97. The van der Waals surface area contributed by atoms with Gasteiger partial charge in [0.25, 0.3) is 6.43 Å². The molecule has 0 radical (unpaired) electrons. The van der Waals surface area contributed by atoms with Gasteiger partial charge >= 0.3 is 5.97 Å². The van der Waals surface area contributed by atoms with E-state index >= 15 is 0 Å². The van der Waals surface area contributed by atoms with E-state index in [2.05, 4.69) is 9.88 Å². The molecule has 0 aliphatic carbocycles. The predicted octanol–water partition coefficient (Wildman–Crippen LogP) is 6.36. The second-order valence-corrected chi connectivity index (χ2v) is 11.4. The van der Waals surface area contributed by atoms with Crippen molar-refractivity contribution in [3.8, 4) is 11.6 Å². The summed E-state index contributed by atoms with van der Waals surface area (Å²) < 4.78 is 61.3. The maximum Gasteiger partial charge on any atom is 0.335 e. The van der Waals surface area contributed by atoms with Crippen LogP contribution in [-0.4, -0.2) is 56.9 Å². The first kappa shape index (κ1) is 30.2. The standard InChI is InChI=1S/C31H30ClF3N4O5/c1-16-27-17(9-22(29(34)35)30(37-27)44-15-18-3-4-20(32)12-23(18)33)5-7-38(16)14-26-36-28-24(39(26)13-21-6-8-43-21)10-19(31(40)41)11-25(28)42-2/h3-4,9-12,16,21,29H,5-8,13-15H2,1-2H3,(H,40,41)/t16-,21-/m0/s1. The third-order valence-electron chi connectivity index (χ3n) is 8.24. The summed E-state index contributed by atoms with van der Waals surface area (Å²) in [4.78, 5) is 23.4. The van der Waals surface area contributed by atoms with Crippen LogP contribution >= 0.6 is 11.6 Å². The van der Waals surface area contributed by atoms with Gasteiger partial charge in [-0.25, -0.2) is 27.9 Å². The summed E-state index contributed by atoms with van der Waals surface area (Å²) in [7, 11) is 1.47. The molecule has 1 N–H and O–H groups in total. The van der Waals surface area contributed by atoms with Crippen molar-refractivity contribution < 1.29 is 37.3 Å². The van der Waals surface area contributed by atoms with Gasteiger partial charge in [0.2, 0.25) is 5.88 Å². The molecule has 0 unspecified atom stereocenters. The number of carbonyl (C=O) groups is 1. The van der Waals surface area contributed by atoms with Crippen molar-refractivity contribution in [3.63, 3.8) is 0 Å². The number of imidazole rings is 1. The van der Waals surface area contributed by atoms with Crippen LogP contribution in [0.25, 0.3) is 11.0 Å². The predicted molar refractivity (Wildman–Crippen MR) is 155 cm³/mol. The van der Waals surface area contributed by atoms with Crippen molar-refractivity contribution in [2.45, 2.75) is 58.0 Å². The second kappa shape index (κ2) is 12.3. The lowest BCUT2D eigenvalue weighted by Crippen LogP contribution is -2.36. The lowest BCUT2D eigenvalue weighted by molar-refractivity contribution is -0.0592. The van der Waals surface area contributed by atoms with Gasteiger partial charge in [0.1, 0.15) is 29.5 Å². The van der Waals surface area contributed by atoms with Gasteiger partial charge in [0.05, 0.1) is 54.7 Å². The van der Waals surface area contributed by atoms with Gasteiger partial charge in [0.15, 0.2) is 0 Å². The summed E-state index contributed by atoms with van der Waals surface area (Å²) in [6.45, 7) is 3.72. The van der Waals surface area contributed by atoms with Crippen LogP contribution in [-0.2, 0) is 30.9 Å². The molecule has 2 aromatic heterocycles. The van der Waals surface area contributed by atoms with E-state index in [0.29, 0.717) is 66.5 Å². The van der Waals surface area contributed by atoms with Crippen LogP contribution in [0.4, 0.5) is 13.2 Å². The third-order valence-corrected chi connectivity index (χ3v) is 8.48. The quantitative estimate of drug-likeness (QED) is 0.216. The van der Waals surface area contributed by atoms with Crippen LogP contribution < -0.4 is 9.47 Å². The Kier molecular flexibility index (Phi) is 8.40. The monoisotopic (exact) mass is 630 g/mol. The van der Waals surface area contributed by atoms with Crippen molar-refractivity contribution in [3.05, 3.63) is 81.0 Å². The Labute approximate surface area is 256 Å². The molecule has 0 bridgehead atoms. The first-order valence-corrected chi connectivity index (χ1v) is 14.6. The molecule has 2 atom stereocenters. The number of hydrogen-bond donors (Lipinski definition) is 1. The zero-order chi connectivity index (χ0) is 31.1. The number of methoxy groups -OCH3 is 1. The van der Waals surface area contributed by atoms with Gasteiger partial charge in [-0.15, -0.1) is 0 Å². The Morgan fingerprint density at radius 1 is 1.23 bits per heavy atom. The van der Waals surface area contributed by atoms with Gasteiger partial charge in [-0.3, -0.25) is 4.90 Å². The zero-order valence-corrected chi connectivity index (χ0v) is 24.8. The first-order valence-electron chi connectivity index (χ1n) is 14.2. The molecule has 4 heterocycles. The fourth-order valence-electron chi connectivity index (χ4n) is 5.69. The molecule has 0 amide bonds. The number of alkyl halides is 2. The van der Waals surface area contributed by atoms with Crippen LogP contribution in [0.15, 0.2) is 36.4 Å². The van der Waals surface area contributed by atoms with E-state index in [0.717, 1.165) is 12.5 Å². The van der Waals surface area contributed by atoms with Crippen molar-refractivity contribution in [1.82, 2.24) is 19.4 Å². The Hall–Kier alpha value is -3.87. The lowest BCUT2D eigenvalue weighted by Gasteiger charge is -2.35. The Morgan fingerprint density at radius 2 is 2.02 bits per heavy atom. The Bertz CT molecular complexity index is 1730. The first-order chi connectivity index (χ1) is 21.1. The van der Waals surface area contributed by atoms with E-state index in [1.807, 2.05) is 11.5 Å². The van der Waals surface area contributed by atoms with E-state index in [1.54, 1.807) is 6.07 Å². The average Bonchev–Trinajstić information content (AvgIpc) is 3.31. The van der Waals surface area contributed by atoms with Gasteiger partial charge < -0.3 is 23.9 Å². The number of pyridine rings is 1. The highest BCUT2D eigenvalue weighted by molar-refractivity contribution is 6.30. The maximum absolute atomic E-state index is 14.3. The van der Waals surface area contributed by atoms with Crippen LogP contribution in [0, 0.1) is 5.82 Å². The van der Waals surface area contributed by atoms with E-state index in [4.69, 9.17) is 30.8 Å². The van der Waals surface area contributed by atoms with Crippen LogP contribution in [0.5, 0.6) is 11.6 Å². The fourth-order valence-corrected chi connectivity index (χ4v) is 5.85. The summed E-state index contributed by atoms with van der Waals surface area (Å²) in [5, 5.41) is 9.90. The molecule has 232 valence electrons. The minimum Gasteiger partial charge on any atom is -0.494 e. The smallest absolute Gasteiger partial charge is 0.335 e. The molecule has 4 aromatic rings. The van der Waals surface area contributed by atoms with Gasteiger partial charge in [-0.1, -0.05) is 17.7 Å². The maximum atomic E-state index is 14.3. The highest BCUT2D eigenvalue weighted by Gasteiger charge is 2.31. The molecule has 2 aliphatic heterocycles. The summed E-state index contributed by atoms with van der Waals surface area (Å²) >= 11 is 5.83. The molecule has 2 aromatic carbocycles. The minimum absolute atomic E-state index is 0.0234. The normalized spacial score (nSPS) is 18.3. The van der Waals surface area contributed by atoms with Crippen LogP contribution in [0.1, 0.15) is 64.4 Å². The van der Waals surface area contributed by atoms with E-state index in [-0.39, 0.29) is 46.3 Å². The number of carboxylic acid groups (broad SMARTS) is 1. The summed E-state index contributed by atoms with van der Waals surface area (Å²) in [5.41, 5.74) is 2.36. The third kappa shape index (κ3) is 5.81. The molecule has 2 aliphatic rings. The number of halogens is 4. The largest absolute Gasteiger partial charge is 0.494 e. The summed E-state index contributed by atoms with van der Waals surface area (Å²) in [6.07, 6.45) is -1.51. The fraction of sp³-hybridized carbons (Fsp3) is 0.387.